The molecule has 0 saturated carbocycles. The summed E-state index contributed by atoms with van der Waals surface area (Å²) in [7, 11) is 0. The van der Waals surface area contributed by atoms with E-state index >= 15 is 0 Å². The van der Waals surface area contributed by atoms with Crippen LogP contribution in [0.1, 0.15) is 21.7 Å². The number of hydrogen-bond donors (Lipinski definition) is 4. The number of nitrogens with one attached hydrogen (secondary N) is 3. The lowest BCUT2D eigenvalue weighted by Crippen LogP contribution is -2.33. The lowest BCUT2D eigenvalue weighted by atomic mass is 10.1. The predicted octanol–water partition coefficient (Wildman–Crippen LogP) is 4.30. The summed E-state index contributed by atoms with van der Waals surface area (Å²) in [5, 5.41) is 14.4. The molecule has 3 aromatic carbocycles. The van der Waals surface area contributed by atoms with E-state index in [4.69, 9.17) is 31.3 Å². The van der Waals surface area contributed by atoms with E-state index in [9.17, 15) is 4.79 Å². The highest BCUT2D eigenvalue weighted by atomic mass is 32.1. The maximum absolute atomic E-state index is 13.0. The van der Waals surface area contributed by atoms with Crippen molar-refractivity contribution in [2.75, 3.05) is 18.2 Å². The average Bonchev–Trinajstić information content (AvgIpc) is 3.37. The molecule has 1 aromatic heterocycles. The minimum Gasteiger partial charge on any atom is -0.492 e. The van der Waals surface area contributed by atoms with Crippen LogP contribution in [0.4, 0.5) is 5.69 Å². The van der Waals surface area contributed by atoms with Gasteiger partial charge < -0.3 is 19.2 Å². The molecule has 2 heterocycles. The Morgan fingerprint density at radius 3 is 2.51 bits per heavy atom. The fourth-order valence-electron chi connectivity index (χ4n) is 3.91. The minimum atomic E-state index is -0.358. The number of benzene rings is 3. The van der Waals surface area contributed by atoms with Gasteiger partial charge in [0.1, 0.15) is 41.6 Å². The SMILES string of the molecule is O=C(NCCOc1ccc(C(=S)NO)cc1)c1oc2ccccc2c1COc1ccc(N2C=CN=CN2)cc1. The number of nitrogens with zero attached hydrogens (tertiary/aromatic N) is 2. The first-order chi connectivity index (χ1) is 19.1. The molecule has 0 spiro atoms. The number of carbonyl (C=O) groups excluding carboxylic acids is 1. The molecule has 198 valence electrons. The van der Waals surface area contributed by atoms with Crippen molar-refractivity contribution in [2.24, 2.45) is 4.99 Å². The van der Waals surface area contributed by atoms with E-state index < -0.39 is 0 Å². The number of fused-ring (bicyclic) bond motifs is 1. The molecule has 0 atom stereocenters. The summed E-state index contributed by atoms with van der Waals surface area (Å²) in [6.45, 7) is 0.667. The quantitative estimate of drug-likeness (QED) is 0.132. The van der Waals surface area contributed by atoms with Gasteiger partial charge in [0, 0.05) is 28.9 Å². The second-order valence-electron chi connectivity index (χ2n) is 8.33. The Kier molecular flexibility index (Phi) is 8.00. The van der Waals surface area contributed by atoms with Crippen molar-refractivity contribution in [2.45, 2.75) is 6.61 Å². The van der Waals surface area contributed by atoms with Gasteiger partial charge in [0.25, 0.3) is 5.91 Å². The van der Waals surface area contributed by atoms with Gasteiger partial charge in [0.15, 0.2) is 5.76 Å². The lowest BCUT2D eigenvalue weighted by Gasteiger charge is -2.21. The van der Waals surface area contributed by atoms with Crippen LogP contribution in [-0.2, 0) is 6.61 Å². The number of furan rings is 1. The number of para-hydroxylation sites is 1. The standard InChI is InChI=1S/C28H25N5O5S/c34-27(30-14-16-36-21-9-5-19(6-10-21)28(39)32-35)26-24(23-3-1-2-4-25(23)38-26)17-37-22-11-7-20(8-12-22)33-15-13-29-18-31-33/h1-13,15,18,35H,14,16-17H2,(H,29,31)(H,30,34)(H,32,39). The summed E-state index contributed by atoms with van der Waals surface area (Å²) in [5.41, 5.74) is 7.81. The van der Waals surface area contributed by atoms with Crippen LogP contribution in [0.3, 0.4) is 0 Å². The van der Waals surface area contributed by atoms with Crippen LogP contribution >= 0.6 is 12.2 Å². The van der Waals surface area contributed by atoms with E-state index in [0.717, 1.165) is 11.1 Å². The molecule has 0 bridgehead atoms. The van der Waals surface area contributed by atoms with Gasteiger partial charge in [0.05, 0.1) is 12.2 Å². The van der Waals surface area contributed by atoms with E-state index in [2.05, 4.69) is 15.7 Å². The molecule has 5 rings (SSSR count). The highest BCUT2D eigenvalue weighted by Gasteiger charge is 2.21. The Morgan fingerprint density at radius 1 is 1.03 bits per heavy atom. The first kappa shape index (κ1) is 25.8. The summed E-state index contributed by atoms with van der Waals surface area (Å²) in [4.78, 5) is 17.2. The fraction of sp³-hybridized carbons (Fsp3) is 0.107. The van der Waals surface area contributed by atoms with Crippen molar-refractivity contribution in [3.63, 3.8) is 0 Å². The Balaban J connectivity index is 1.20. The van der Waals surface area contributed by atoms with E-state index in [-0.39, 0.29) is 36.4 Å². The molecule has 1 aliphatic rings. The molecule has 1 amide bonds. The van der Waals surface area contributed by atoms with Crippen LogP contribution in [0.25, 0.3) is 11.0 Å². The third-order valence-electron chi connectivity index (χ3n) is 5.85. The Labute approximate surface area is 229 Å². The summed E-state index contributed by atoms with van der Waals surface area (Å²) in [6.07, 6.45) is 5.10. The molecule has 4 aromatic rings. The van der Waals surface area contributed by atoms with Crippen LogP contribution in [0, 0.1) is 0 Å². The van der Waals surface area contributed by atoms with Crippen LogP contribution < -0.4 is 30.7 Å². The molecule has 0 saturated heterocycles. The molecular weight excluding hydrogens is 518 g/mol. The van der Waals surface area contributed by atoms with Gasteiger partial charge in [-0.2, -0.15) is 0 Å². The number of amides is 1. The summed E-state index contributed by atoms with van der Waals surface area (Å²) >= 11 is 4.98. The number of anilines is 1. The molecule has 0 unspecified atom stereocenters. The van der Waals surface area contributed by atoms with Gasteiger partial charge in [0.2, 0.25) is 0 Å². The third kappa shape index (κ3) is 6.17. The van der Waals surface area contributed by atoms with Crippen LogP contribution in [-0.4, -0.2) is 35.6 Å². The maximum Gasteiger partial charge on any atom is 0.287 e. The number of ether oxygens (including phenoxy) is 2. The van der Waals surface area contributed by atoms with E-state index in [0.29, 0.717) is 28.2 Å². The summed E-state index contributed by atoms with van der Waals surface area (Å²) < 4.78 is 17.6. The second kappa shape index (κ2) is 12.1. The Hall–Kier alpha value is -4.87. The molecule has 10 nitrogen and oxygen atoms in total. The van der Waals surface area contributed by atoms with E-state index in [1.807, 2.05) is 65.2 Å². The normalized spacial score (nSPS) is 12.2. The number of thiocarbonyl (C=S) groups is 1. The monoisotopic (exact) mass is 543 g/mol. The number of hydrogen-bond acceptors (Lipinski definition) is 9. The maximum atomic E-state index is 13.0. The van der Waals surface area contributed by atoms with Gasteiger partial charge in [-0.3, -0.25) is 25.9 Å². The third-order valence-corrected chi connectivity index (χ3v) is 6.18. The zero-order chi connectivity index (χ0) is 27.0. The van der Waals surface area contributed by atoms with Crippen LogP contribution in [0.2, 0.25) is 0 Å². The zero-order valence-electron chi connectivity index (χ0n) is 20.7. The molecule has 11 heteroatoms. The highest BCUT2D eigenvalue weighted by molar-refractivity contribution is 7.80. The summed E-state index contributed by atoms with van der Waals surface area (Å²) in [5.74, 6) is 1.10. The van der Waals surface area contributed by atoms with Crippen molar-refractivity contribution >= 4 is 46.1 Å². The number of hydroxylamine groups is 1. The lowest BCUT2D eigenvalue weighted by molar-refractivity contribution is 0.0918. The van der Waals surface area contributed by atoms with Crippen LogP contribution in [0.15, 0.2) is 94.6 Å². The van der Waals surface area contributed by atoms with Gasteiger partial charge in [-0.15, -0.1) is 0 Å². The fourth-order valence-corrected chi connectivity index (χ4v) is 4.05. The highest BCUT2D eigenvalue weighted by Crippen LogP contribution is 2.28. The largest absolute Gasteiger partial charge is 0.492 e. The average molecular weight is 544 g/mol. The van der Waals surface area contributed by atoms with Gasteiger partial charge in [-0.1, -0.05) is 30.4 Å². The molecule has 0 aliphatic carbocycles. The van der Waals surface area contributed by atoms with Crippen molar-refractivity contribution in [1.29, 1.82) is 0 Å². The molecule has 39 heavy (non-hydrogen) atoms. The van der Waals surface area contributed by atoms with Crippen molar-refractivity contribution in [1.82, 2.24) is 16.2 Å². The minimum absolute atomic E-state index is 0.154. The van der Waals surface area contributed by atoms with E-state index in [1.165, 1.54) is 0 Å². The molecule has 0 fully saturated rings. The van der Waals surface area contributed by atoms with Crippen molar-refractivity contribution in [3.8, 4) is 11.5 Å². The van der Waals surface area contributed by atoms with Gasteiger partial charge in [-0.25, -0.2) is 4.99 Å². The first-order valence-electron chi connectivity index (χ1n) is 12.0. The smallest absolute Gasteiger partial charge is 0.287 e. The van der Waals surface area contributed by atoms with Crippen LogP contribution in [0.5, 0.6) is 11.5 Å². The molecule has 4 N–H and O–H groups in total. The predicted molar refractivity (Wildman–Crippen MR) is 151 cm³/mol. The number of carbonyl (C=O) groups is 1. The summed E-state index contributed by atoms with van der Waals surface area (Å²) in [6, 6.07) is 21.9. The van der Waals surface area contributed by atoms with Crippen molar-refractivity contribution < 1.29 is 23.9 Å². The second-order valence-corrected chi connectivity index (χ2v) is 8.74. The zero-order valence-corrected chi connectivity index (χ0v) is 21.5. The number of aliphatic imine (C=N–C) groups is 1. The topological polar surface area (TPSA) is 121 Å². The molecule has 0 radical (unpaired) electrons. The number of rotatable bonds is 10. The Morgan fingerprint density at radius 2 is 1.77 bits per heavy atom. The van der Waals surface area contributed by atoms with Gasteiger partial charge >= 0.3 is 0 Å². The Bertz CT molecular complexity index is 1520. The van der Waals surface area contributed by atoms with E-state index in [1.54, 1.807) is 36.8 Å². The van der Waals surface area contributed by atoms with Crippen molar-refractivity contribution in [3.05, 3.63) is 102 Å². The first-order valence-corrected chi connectivity index (χ1v) is 12.5. The molecular formula is C28H25N5O5S. The van der Waals surface area contributed by atoms with Gasteiger partial charge in [-0.05, 0) is 54.6 Å². The molecule has 1 aliphatic heterocycles. The number of hydrazine groups is 1.